The minimum Gasteiger partial charge on any atom is -0.330 e. The molecule has 1 aliphatic carbocycles. The fourth-order valence-electron chi connectivity index (χ4n) is 1.36. The first-order chi connectivity index (χ1) is 4.43. The zero-order valence-electron chi connectivity index (χ0n) is 6.51. The number of nitrogens with two attached hydrogens (primary N) is 1. The highest BCUT2D eigenvalue weighted by atomic mass is 35.5. The molecule has 1 nitrogen and oxygen atoms in total. The van der Waals surface area contributed by atoms with Gasteiger partial charge in [-0.3, -0.25) is 0 Å². The molecule has 0 unspecified atom stereocenters. The van der Waals surface area contributed by atoms with E-state index in [2.05, 4.69) is 0 Å². The van der Waals surface area contributed by atoms with Crippen molar-refractivity contribution in [3.8, 4) is 0 Å². The molecule has 2 N–H and O–H groups in total. The molecule has 62 valence electrons. The van der Waals surface area contributed by atoms with Crippen molar-refractivity contribution < 1.29 is 0 Å². The van der Waals surface area contributed by atoms with Crippen LogP contribution in [0.2, 0.25) is 0 Å². The Hall–Kier alpha value is 0.250. The predicted octanol–water partition coefficient (Wildman–Crippen LogP) is 2.34. The van der Waals surface area contributed by atoms with Crippen molar-refractivity contribution in [3.05, 3.63) is 0 Å². The average molecular weight is 164 g/mol. The summed E-state index contributed by atoms with van der Waals surface area (Å²) in [6, 6.07) is 0. The monoisotopic (exact) mass is 163 g/mol. The molecule has 1 fully saturated rings. The minimum absolute atomic E-state index is 0. The molecule has 0 saturated heterocycles. The Labute approximate surface area is 69.8 Å². The van der Waals surface area contributed by atoms with Crippen molar-refractivity contribution in [2.75, 3.05) is 6.54 Å². The van der Waals surface area contributed by atoms with Crippen LogP contribution in [0, 0.1) is 5.92 Å². The molecule has 10 heavy (non-hydrogen) atoms. The van der Waals surface area contributed by atoms with Crippen LogP contribution in [0.5, 0.6) is 0 Å². The Morgan fingerprint density at radius 1 is 1.20 bits per heavy atom. The lowest BCUT2D eigenvalue weighted by molar-refractivity contribution is 0.288. The SMILES string of the molecule is Cl.NCCCCC1CCC1. The second kappa shape index (κ2) is 5.99. The standard InChI is InChI=1S/C8H17N.ClH/c9-7-2-1-4-8-5-3-6-8;/h8H,1-7,9H2;1H. The van der Waals surface area contributed by atoms with Gasteiger partial charge in [-0.1, -0.05) is 32.1 Å². The zero-order chi connectivity index (χ0) is 6.53. The fourth-order valence-corrected chi connectivity index (χ4v) is 1.36. The van der Waals surface area contributed by atoms with Crippen molar-refractivity contribution in [1.29, 1.82) is 0 Å². The second-order valence-corrected chi connectivity index (χ2v) is 3.08. The average Bonchev–Trinajstić information content (AvgIpc) is 1.76. The van der Waals surface area contributed by atoms with E-state index in [4.69, 9.17) is 5.73 Å². The van der Waals surface area contributed by atoms with Crippen LogP contribution in [-0.4, -0.2) is 6.54 Å². The smallest absolute Gasteiger partial charge is 0.00773 e. The molecule has 1 aliphatic rings. The van der Waals surface area contributed by atoms with Crippen molar-refractivity contribution in [2.24, 2.45) is 11.7 Å². The summed E-state index contributed by atoms with van der Waals surface area (Å²) in [6.07, 6.45) is 8.50. The van der Waals surface area contributed by atoms with Crippen LogP contribution >= 0.6 is 12.4 Å². The molecule has 0 aliphatic heterocycles. The lowest BCUT2D eigenvalue weighted by atomic mass is 9.82. The van der Waals surface area contributed by atoms with Crippen LogP contribution < -0.4 is 5.73 Å². The van der Waals surface area contributed by atoms with Crippen LogP contribution in [0.25, 0.3) is 0 Å². The summed E-state index contributed by atoms with van der Waals surface area (Å²) in [7, 11) is 0. The molecule has 0 radical (unpaired) electrons. The van der Waals surface area contributed by atoms with Gasteiger partial charge in [0.05, 0.1) is 0 Å². The highest BCUT2D eigenvalue weighted by molar-refractivity contribution is 5.85. The Bertz CT molecular complexity index is 71.7. The molecule has 0 bridgehead atoms. The topological polar surface area (TPSA) is 26.0 Å². The molecule has 0 amide bonds. The van der Waals surface area contributed by atoms with Gasteiger partial charge < -0.3 is 5.73 Å². The molecule has 1 rings (SSSR count). The van der Waals surface area contributed by atoms with E-state index in [1.54, 1.807) is 0 Å². The normalized spacial score (nSPS) is 17.7. The molecule has 1 saturated carbocycles. The van der Waals surface area contributed by atoms with E-state index >= 15 is 0 Å². The molecule has 0 aromatic rings. The maximum Gasteiger partial charge on any atom is -0.00773 e. The Morgan fingerprint density at radius 2 is 1.90 bits per heavy atom. The lowest BCUT2D eigenvalue weighted by Crippen LogP contribution is -2.11. The van der Waals surface area contributed by atoms with Crippen LogP contribution in [0.3, 0.4) is 0 Å². The largest absolute Gasteiger partial charge is 0.330 e. The van der Waals surface area contributed by atoms with Gasteiger partial charge in [-0.2, -0.15) is 0 Å². The fraction of sp³-hybridized carbons (Fsp3) is 1.00. The summed E-state index contributed by atoms with van der Waals surface area (Å²) in [6.45, 7) is 0.882. The van der Waals surface area contributed by atoms with Crippen LogP contribution in [-0.2, 0) is 0 Å². The summed E-state index contributed by atoms with van der Waals surface area (Å²) in [5.74, 6) is 1.08. The summed E-state index contributed by atoms with van der Waals surface area (Å²) >= 11 is 0. The van der Waals surface area contributed by atoms with E-state index < -0.39 is 0 Å². The van der Waals surface area contributed by atoms with E-state index in [0.29, 0.717) is 0 Å². The van der Waals surface area contributed by atoms with Gasteiger partial charge in [0.25, 0.3) is 0 Å². The molecule has 0 heterocycles. The van der Waals surface area contributed by atoms with Crippen LogP contribution in [0.1, 0.15) is 38.5 Å². The molecular formula is C8H18ClN. The van der Waals surface area contributed by atoms with Gasteiger partial charge >= 0.3 is 0 Å². The molecule has 0 aromatic carbocycles. The predicted molar refractivity (Wildman–Crippen MR) is 47.5 cm³/mol. The van der Waals surface area contributed by atoms with E-state index in [0.717, 1.165) is 12.5 Å². The maximum absolute atomic E-state index is 5.37. The number of unbranched alkanes of at least 4 members (excludes halogenated alkanes) is 1. The third kappa shape index (κ3) is 3.43. The van der Waals surface area contributed by atoms with Gasteiger partial charge in [-0.25, -0.2) is 0 Å². The number of hydrogen-bond acceptors (Lipinski definition) is 1. The van der Waals surface area contributed by atoms with Gasteiger partial charge in [-0.05, 0) is 18.9 Å². The van der Waals surface area contributed by atoms with Crippen LogP contribution in [0.4, 0.5) is 0 Å². The van der Waals surface area contributed by atoms with Crippen molar-refractivity contribution >= 4 is 12.4 Å². The molecule has 0 atom stereocenters. The van der Waals surface area contributed by atoms with Gasteiger partial charge in [-0.15, -0.1) is 12.4 Å². The minimum atomic E-state index is 0. The first kappa shape index (κ1) is 10.2. The van der Waals surface area contributed by atoms with E-state index in [1.165, 1.54) is 38.5 Å². The van der Waals surface area contributed by atoms with E-state index in [9.17, 15) is 0 Å². The number of halogens is 1. The number of hydrogen-bond donors (Lipinski definition) is 1. The maximum atomic E-state index is 5.37. The highest BCUT2D eigenvalue weighted by Gasteiger charge is 2.15. The van der Waals surface area contributed by atoms with Crippen molar-refractivity contribution in [2.45, 2.75) is 38.5 Å². The molecule has 0 spiro atoms. The first-order valence-electron chi connectivity index (χ1n) is 4.13. The van der Waals surface area contributed by atoms with Gasteiger partial charge in [0.2, 0.25) is 0 Å². The number of rotatable bonds is 4. The third-order valence-electron chi connectivity index (χ3n) is 2.29. The second-order valence-electron chi connectivity index (χ2n) is 3.08. The molecule has 2 heteroatoms. The Kier molecular flexibility index (Phi) is 6.14. The first-order valence-corrected chi connectivity index (χ1v) is 4.13. The lowest BCUT2D eigenvalue weighted by Gasteiger charge is -2.24. The molecular weight excluding hydrogens is 146 g/mol. The van der Waals surface area contributed by atoms with Gasteiger partial charge in [0.1, 0.15) is 0 Å². The Balaban J connectivity index is 0.000000810. The third-order valence-corrected chi connectivity index (χ3v) is 2.29. The zero-order valence-corrected chi connectivity index (χ0v) is 7.33. The van der Waals surface area contributed by atoms with Crippen LogP contribution in [0.15, 0.2) is 0 Å². The van der Waals surface area contributed by atoms with Crippen molar-refractivity contribution in [1.82, 2.24) is 0 Å². The summed E-state index contributed by atoms with van der Waals surface area (Å²) < 4.78 is 0. The Morgan fingerprint density at radius 3 is 2.30 bits per heavy atom. The highest BCUT2D eigenvalue weighted by Crippen LogP contribution is 2.30. The molecule has 0 aromatic heterocycles. The summed E-state index contributed by atoms with van der Waals surface area (Å²) in [5, 5.41) is 0. The quantitative estimate of drug-likeness (QED) is 0.633. The van der Waals surface area contributed by atoms with E-state index in [-0.39, 0.29) is 12.4 Å². The van der Waals surface area contributed by atoms with Crippen molar-refractivity contribution in [3.63, 3.8) is 0 Å². The van der Waals surface area contributed by atoms with Gasteiger partial charge in [0.15, 0.2) is 0 Å². The summed E-state index contributed by atoms with van der Waals surface area (Å²) in [5.41, 5.74) is 5.37. The van der Waals surface area contributed by atoms with Gasteiger partial charge in [0, 0.05) is 0 Å². The summed E-state index contributed by atoms with van der Waals surface area (Å²) in [4.78, 5) is 0. The van der Waals surface area contributed by atoms with E-state index in [1.807, 2.05) is 0 Å².